The number of carbonyl (C=O) groups is 1. The predicted octanol–water partition coefficient (Wildman–Crippen LogP) is 2.14. The summed E-state index contributed by atoms with van der Waals surface area (Å²) < 4.78 is 0. The lowest BCUT2D eigenvalue weighted by Gasteiger charge is -2.18. The van der Waals surface area contributed by atoms with Crippen molar-refractivity contribution >= 4 is 23.1 Å². The summed E-state index contributed by atoms with van der Waals surface area (Å²) in [5, 5.41) is 3.02. The Hall–Kier alpha value is -0.640. The van der Waals surface area contributed by atoms with E-state index in [0.717, 1.165) is 25.7 Å². The quantitative estimate of drug-likeness (QED) is 0.531. The number of amides is 1. The maximum Gasteiger partial charge on any atom is 0.233 e. The number of hydrogen-bond acceptors (Lipinski definition) is 2. The van der Waals surface area contributed by atoms with Gasteiger partial charge in [0.25, 0.3) is 0 Å². The molecule has 1 fully saturated rings. The minimum absolute atomic E-state index is 0.0315. The lowest BCUT2D eigenvalue weighted by atomic mass is 10.0. The Labute approximate surface area is 103 Å². The third kappa shape index (κ3) is 3.17. The Morgan fingerprint density at radius 1 is 1.50 bits per heavy atom. The van der Waals surface area contributed by atoms with Crippen LogP contribution in [-0.4, -0.2) is 16.9 Å². The lowest BCUT2D eigenvalue weighted by molar-refractivity contribution is -0.124. The van der Waals surface area contributed by atoms with Gasteiger partial charge in [-0.3, -0.25) is 4.79 Å². The van der Waals surface area contributed by atoms with Crippen LogP contribution in [0.1, 0.15) is 52.4 Å². The van der Waals surface area contributed by atoms with Crippen LogP contribution >= 0.6 is 12.2 Å². The van der Waals surface area contributed by atoms with Crippen molar-refractivity contribution in [2.24, 2.45) is 11.1 Å². The zero-order valence-electron chi connectivity index (χ0n) is 10.2. The average molecular weight is 242 g/mol. The molecule has 1 aliphatic rings. The van der Waals surface area contributed by atoms with Crippen LogP contribution in [0.25, 0.3) is 0 Å². The van der Waals surface area contributed by atoms with Crippen molar-refractivity contribution in [1.82, 2.24) is 5.32 Å². The van der Waals surface area contributed by atoms with E-state index in [1.165, 1.54) is 12.8 Å². The number of hydrogen-bond donors (Lipinski definition) is 2. The van der Waals surface area contributed by atoms with Crippen molar-refractivity contribution in [3.63, 3.8) is 0 Å². The Morgan fingerprint density at radius 3 is 2.56 bits per heavy atom. The van der Waals surface area contributed by atoms with E-state index in [4.69, 9.17) is 18.0 Å². The van der Waals surface area contributed by atoms with Crippen molar-refractivity contribution in [3.8, 4) is 0 Å². The van der Waals surface area contributed by atoms with Gasteiger partial charge in [-0.1, -0.05) is 38.4 Å². The van der Waals surface area contributed by atoms with E-state index >= 15 is 0 Å². The van der Waals surface area contributed by atoms with Crippen LogP contribution in [0.15, 0.2) is 0 Å². The largest absolute Gasteiger partial charge is 0.392 e. The van der Waals surface area contributed by atoms with Crippen LogP contribution in [0.5, 0.6) is 0 Å². The second-order valence-electron chi connectivity index (χ2n) is 4.82. The molecule has 0 spiro atoms. The van der Waals surface area contributed by atoms with Crippen LogP contribution in [0.3, 0.4) is 0 Å². The average Bonchev–Trinajstić information content (AvgIpc) is 2.98. The molecule has 1 aliphatic carbocycles. The summed E-state index contributed by atoms with van der Waals surface area (Å²) >= 11 is 4.95. The molecule has 0 radical (unpaired) electrons. The molecule has 16 heavy (non-hydrogen) atoms. The fourth-order valence-corrected chi connectivity index (χ4v) is 2.14. The van der Waals surface area contributed by atoms with Crippen LogP contribution in [0.4, 0.5) is 0 Å². The molecule has 0 aromatic carbocycles. The number of carbonyl (C=O) groups excluding carboxylic acids is 1. The van der Waals surface area contributed by atoms with Gasteiger partial charge in [0.2, 0.25) is 5.91 Å². The van der Waals surface area contributed by atoms with Crippen LogP contribution in [0.2, 0.25) is 0 Å². The highest BCUT2D eigenvalue weighted by Gasteiger charge is 2.52. The Bertz CT molecular complexity index is 274. The van der Waals surface area contributed by atoms with Crippen molar-refractivity contribution in [2.75, 3.05) is 0 Å². The van der Waals surface area contributed by atoms with Gasteiger partial charge in [0, 0.05) is 6.04 Å². The number of nitrogens with one attached hydrogen (secondary N) is 1. The molecule has 3 nitrogen and oxygen atoms in total. The van der Waals surface area contributed by atoms with E-state index in [1.54, 1.807) is 0 Å². The summed E-state index contributed by atoms with van der Waals surface area (Å²) in [6, 6.07) is 0.228. The molecule has 1 atom stereocenters. The molecule has 1 unspecified atom stereocenters. The van der Waals surface area contributed by atoms with Crippen molar-refractivity contribution in [1.29, 1.82) is 0 Å². The monoisotopic (exact) mass is 242 g/mol. The van der Waals surface area contributed by atoms with Crippen molar-refractivity contribution in [3.05, 3.63) is 0 Å². The summed E-state index contributed by atoms with van der Waals surface area (Å²) in [7, 11) is 0. The second kappa shape index (κ2) is 5.62. The topological polar surface area (TPSA) is 55.1 Å². The van der Waals surface area contributed by atoms with E-state index in [0.29, 0.717) is 4.99 Å². The summed E-state index contributed by atoms with van der Waals surface area (Å²) in [4.78, 5) is 12.3. The smallest absolute Gasteiger partial charge is 0.233 e. The third-order valence-corrected chi connectivity index (χ3v) is 3.67. The maximum atomic E-state index is 11.9. The van der Waals surface area contributed by atoms with E-state index in [9.17, 15) is 4.79 Å². The van der Waals surface area contributed by atoms with Gasteiger partial charge < -0.3 is 11.1 Å². The number of thiocarbonyl (C=S) groups is 1. The zero-order chi connectivity index (χ0) is 12.2. The summed E-state index contributed by atoms with van der Waals surface area (Å²) in [6.45, 7) is 4.22. The van der Waals surface area contributed by atoms with Gasteiger partial charge in [-0.2, -0.15) is 0 Å². The molecule has 0 saturated heterocycles. The van der Waals surface area contributed by atoms with Gasteiger partial charge in [-0.15, -0.1) is 0 Å². The van der Waals surface area contributed by atoms with Crippen LogP contribution in [0, 0.1) is 5.41 Å². The van der Waals surface area contributed by atoms with Gasteiger partial charge >= 0.3 is 0 Å². The highest BCUT2D eigenvalue weighted by atomic mass is 32.1. The molecule has 92 valence electrons. The highest BCUT2D eigenvalue weighted by molar-refractivity contribution is 7.80. The number of nitrogens with two attached hydrogens (primary N) is 1. The molecule has 1 amide bonds. The van der Waals surface area contributed by atoms with Crippen molar-refractivity contribution in [2.45, 2.75) is 58.4 Å². The first-order valence-electron chi connectivity index (χ1n) is 6.14. The van der Waals surface area contributed by atoms with E-state index < -0.39 is 5.41 Å². The highest BCUT2D eigenvalue weighted by Crippen LogP contribution is 2.46. The molecule has 0 bridgehead atoms. The van der Waals surface area contributed by atoms with Gasteiger partial charge in [0.05, 0.1) is 10.4 Å². The summed E-state index contributed by atoms with van der Waals surface area (Å²) in [5.74, 6) is 0.0315. The van der Waals surface area contributed by atoms with Crippen LogP contribution < -0.4 is 11.1 Å². The van der Waals surface area contributed by atoms with E-state index in [1.807, 2.05) is 6.92 Å². The third-order valence-electron chi connectivity index (χ3n) is 3.27. The molecular weight excluding hydrogens is 220 g/mol. The molecule has 1 saturated carbocycles. The van der Waals surface area contributed by atoms with Gasteiger partial charge in [0.15, 0.2) is 0 Å². The van der Waals surface area contributed by atoms with Gasteiger partial charge in [-0.25, -0.2) is 0 Å². The molecular formula is C12H22N2OS. The molecule has 0 aliphatic heterocycles. The summed E-state index contributed by atoms with van der Waals surface area (Å²) in [5.41, 5.74) is 5.10. The minimum atomic E-state index is -0.506. The van der Waals surface area contributed by atoms with Gasteiger partial charge in [-0.05, 0) is 26.2 Å². The normalized spacial score (nSPS) is 18.9. The minimum Gasteiger partial charge on any atom is -0.392 e. The molecule has 0 heterocycles. The fraction of sp³-hybridized carbons (Fsp3) is 0.833. The molecule has 4 heteroatoms. The predicted molar refractivity (Wildman–Crippen MR) is 70.2 cm³/mol. The molecule has 0 aromatic heterocycles. The Kier molecular flexibility index (Phi) is 4.71. The van der Waals surface area contributed by atoms with Gasteiger partial charge in [0.1, 0.15) is 0 Å². The number of rotatable bonds is 7. The molecule has 3 N–H and O–H groups in total. The Balaban J connectivity index is 2.31. The fourth-order valence-electron chi connectivity index (χ4n) is 1.84. The first-order chi connectivity index (χ1) is 7.53. The first-order valence-corrected chi connectivity index (χ1v) is 6.54. The maximum absolute atomic E-state index is 11.9. The second-order valence-corrected chi connectivity index (χ2v) is 5.26. The zero-order valence-corrected chi connectivity index (χ0v) is 11.0. The first kappa shape index (κ1) is 13.4. The standard InChI is InChI=1S/C12H22N2OS/c1-3-4-5-6-9(2)14-11(15)12(7-8-12)10(13)16/h9H,3-8H2,1-2H3,(H2,13,16)(H,14,15). The molecule has 1 rings (SSSR count). The van der Waals surface area contributed by atoms with Crippen LogP contribution in [-0.2, 0) is 4.79 Å². The number of unbranched alkanes of at least 4 members (excludes halogenated alkanes) is 2. The Morgan fingerprint density at radius 2 is 2.12 bits per heavy atom. The van der Waals surface area contributed by atoms with E-state index in [2.05, 4.69) is 12.2 Å². The van der Waals surface area contributed by atoms with E-state index in [-0.39, 0.29) is 11.9 Å². The molecule has 0 aromatic rings. The summed E-state index contributed by atoms with van der Waals surface area (Å²) in [6.07, 6.45) is 6.26. The van der Waals surface area contributed by atoms with Crippen molar-refractivity contribution < 1.29 is 4.79 Å². The lowest BCUT2D eigenvalue weighted by Crippen LogP contribution is -2.43. The SMILES string of the molecule is CCCCCC(C)NC(=O)C1(C(N)=S)CC1.